The van der Waals surface area contributed by atoms with E-state index in [1.54, 1.807) is 49.4 Å². The summed E-state index contributed by atoms with van der Waals surface area (Å²) in [5.41, 5.74) is 6.23. The minimum absolute atomic E-state index is 0.106. The second-order valence-electron chi connectivity index (χ2n) is 8.05. The average Bonchev–Trinajstić information content (AvgIpc) is 2.96. The quantitative estimate of drug-likeness (QED) is 0.265. The molecule has 1 amide bonds. The van der Waals surface area contributed by atoms with Crippen LogP contribution in [0.1, 0.15) is 5.56 Å². The Morgan fingerprint density at radius 2 is 1.73 bits per heavy atom. The minimum atomic E-state index is -4.24. The molecule has 13 nitrogen and oxygen atoms in total. The van der Waals surface area contributed by atoms with Crippen molar-refractivity contribution in [1.82, 2.24) is 19.9 Å². The van der Waals surface area contributed by atoms with Crippen LogP contribution < -0.4 is 24.7 Å². The van der Waals surface area contributed by atoms with E-state index in [2.05, 4.69) is 41.2 Å². The van der Waals surface area contributed by atoms with Crippen LogP contribution in [0.5, 0.6) is 23.1 Å². The maximum atomic E-state index is 13.3. The Labute approximate surface area is 235 Å². The number of primary amides is 1. The first-order valence-electron chi connectivity index (χ1n) is 11.9. The van der Waals surface area contributed by atoms with E-state index >= 15 is 0 Å². The standard InChI is InChI=1S/C27H24N6O7S/c1-18-9-10-22(30-17-18)41(35,36)33-25-23(40-21-8-4-3-7-20(21)37-2)26(38-15-5-6-16-39-27(28)34)32-24(31-25)19-11-13-29-14-12-19/h3-4,7-14,17H,15-16H2,1-2H3,(H2,28,34)(H,31,32,33). The molecule has 3 aromatic heterocycles. The third-order valence-electron chi connectivity index (χ3n) is 5.14. The molecule has 0 aliphatic rings. The van der Waals surface area contributed by atoms with Crippen molar-refractivity contribution in [3.8, 4) is 46.4 Å². The van der Waals surface area contributed by atoms with Gasteiger partial charge in [0.05, 0.1) is 7.11 Å². The number of rotatable bonds is 10. The molecule has 14 heteroatoms. The number of carbonyl (C=O) groups excluding carboxylic acids is 1. The number of hydrogen-bond donors (Lipinski definition) is 2. The third kappa shape index (κ3) is 7.58. The lowest BCUT2D eigenvalue weighted by Crippen LogP contribution is -2.17. The number of sulfonamides is 1. The molecule has 1 aromatic carbocycles. The second-order valence-corrected chi connectivity index (χ2v) is 9.68. The van der Waals surface area contributed by atoms with Crippen LogP contribution in [0.25, 0.3) is 11.4 Å². The maximum Gasteiger partial charge on any atom is 0.405 e. The molecule has 3 heterocycles. The van der Waals surface area contributed by atoms with Gasteiger partial charge in [0.15, 0.2) is 41.4 Å². The number of benzene rings is 1. The van der Waals surface area contributed by atoms with Crippen molar-refractivity contribution in [2.75, 3.05) is 25.0 Å². The zero-order valence-corrected chi connectivity index (χ0v) is 22.7. The van der Waals surface area contributed by atoms with Gasteiger partial charge in [0.1, 0.15) is 0 Å². The van der Waals surface area contributed by atoms with Gasteiger partial charge in [-0.2, -0.15) is 13.4 Å². The Morgan fingerprint density at radius 1 is 1.00 bits per heavy atom. The normalized spacial score (nSPS) is 10.6. The summed E-state index contributed by atoms with van der Waals surface area (Å²) in [6.07, 6.45) is 3.52. The Morgan fingerprint density at radius 3 is 2.41 bits per heavy atom. The molecule has 0 spiro atoms. The van der Waals surface area contributed by atoms with Crippen LogP contribution in [-0.2, 0) is 14.8 Å². The van der Waals surface area contributed by atoms with E-state index in [0.29, 0.717) is 11.3 Å². The number of carbonyl (C=O) groups is 1. The van der Waals surface area contributed by atoms with Crippen LogP contribution in [0.4, 0.5) is 10.6 Å². The minimum Gasteiger partial charge on any atom is -0.493 e. The first-order valence-corrected chi connectivity index (χ1v) is 13.3. The smallest absolute Gasteiger partial charge is 0.405 e. The Bertz CT molecular complexity index is 1690. The molecule has 0 aliphatic carbocycles. The Hall–Kier alpha value is -5.42. The van der Waals surface area contributed by atoms with Crippen molar-refractivity contribution in [2.24, 2.45) is 5.73 Å². The highest BCUT2D eigenvalue weighted by atomic mass is 32.2. The highest BCUT2D eigenvalue weighted by Crippen LogP contribution is 2.41. The van der Waals surface area contributed by atoms with Crippen LogP contribution in [0.2, 0.25) is 0 Å². The van der Waals surface area contributed by atoms with Gasteiger partial charge in [0.25, 0.3) is 15.9 Å². The molecular weight excluding hydrogens is 552 g/mol. The molecule has 4 rings (SSSR count). The van der Waals surface area contributed by atoms with E-state index in [9.17, 15) is 13.2 Å². The van der Waals surface area contributed by atoms with Gasteiger partial charge in [-0.15, -0.1) is 0 Å². The summed E-state index contributed by atoms with van der Waals surface area (Å²) in [4.78, 5) is 27.7. The van der Waals surface area contributed by atoms with Gasteiger partial charge >= 0.3 is 6.09 Å². The number of nitrogens with two attached hydrogens (primary N) is 1. The van der Waals surface area contributed by atoms with Crippen molar-refractivity contribution in [3.63, 3.8) is 0 Å². The molecule has 41 heavy (non-hydrogen) atoms. The van der Waals surface area contributed by atoms with Crippen LogP contribution in [-0.4, -0.2) is 54.8 Å². The summed E-state index contributed by atoms with van der Waals surface area (Å²) < 4.78 is 51.0. The summed E-state index contributed by atoms with van der Waals surface area (Å²) in [5.74, 6) is 5.37. The van der Waals surface area contributed by atoms with Gasteiger partial charge in [-0.05, 0) is 42.8 Å². The zero-order valence-electron chi connectivity index (χ0n) is 21.9. The van der Waals surface area contributed by atoms with Gasteiger partial charge in [0.2, 0.25) is 5.75 Å². The van der Waals surface area contributed by atoms with E-state index in [1.807, 2.05) is 0 Å². The van der Waals surface area contributed by atoms with E-state index in [4.69, 9.17) is 19.9 Å². The highest BCUT2D eigenvalue weighted by molar-refractivity contribution is 7.92. The molecule has 0 unspecified atom stereocenters. The number of nitrogens with one attached hydrogen (secondary N) is 1. The van der Waals surface area contributed by atoms with Crippen LogP contribution in [0.15, 0.2) is 72.1 Å². The fourth-order valence-corrected chi connectivity index (χ4v) is 4.17. The summed E-state index contributed by atoms with van der Waals surface area (Å²) in [6.45, 7) is 1.31. The van der Waals surface area contributed by atoms with Crippen molar-refractivity contribution in [3.05, 3.63) is 72.7 Å². The summed E-state index contributed by atoms with van der Waals surface area (Å²) in [7, 11) is -2.78. The fourth-order valence-electron chi connectivity index (χ4n) is 3.24. The number of hydrogen-bond acceptors (Lipinski definition) is 11. The number of aryl methyl sites for hydroxylation is 1. The van der Waals surface area contributed by atoms with Crippen LogP contribution >= 0.6 is 0 Å². The van der Waals surface area contributed by atoms with Gasteiger partial charge < -0.3 is 24.7 Å². The maximum absolute atomic E-state index is 13.3. The van der Waals surface area contributed by atoms with Gasteiger partial charge in [-0.25, -0.2) is 14.8 Å². The second kappa shape index (κ2) is 13.1. The van der Waals surface area contributed by atoms with Crippen molar-refractivity contribution >= 4 is 21.9 Å². The van der Waals surface area contributed by atoms with Gasteiger partial charge in [-0.3, -0.25) is 9.71 Å². The lowest BCUT2D eigenvalue weighted by atomic mass is 10.2. The number of aromatic nitrogens is 4. The molecule has 210 valence electrons. The van der Waals surface area contributed by atoms with E-state index in [1.165, 1.54) is 31.8 Å². The van der Waals surface area contributed by atoms with E-state index in [-0.39, 0.29) is 47.3 Å². The van der Waals surface area contributed by atoms with Crippen LogP contribution in [0, 0.1) is 18.8 Å². The van der Waals surface area contributed by atoms with Crippen molar-refractivity contribution in [1.29, 1.82) is 0 Å². The largest absolute Gasteiger partial charge is 0.493 e. The lowest BCUT2D eigenvalue weighted by molar-refractivity contribution is 0.171. The fraction of sp³-hybridized carbons (Fsp3) is 0.148. The molecule has 3 N–H and O–H groups in total. The molecule has 4 aromatic rings. The predicted octanol–water partition coefficient (Wildman–Crippen LogP) is 3.32. The third-order valence-corrected chi connectivity index (χ3v) is 6.39. The van der Waals surface area contributed by atoms with Crippen molar-refractivity contribution in [2.45, 2.75) is 11.9 Å². The molecular formula is C27H24N6O7S. The number of anilines is 1. The molecule has 0 saturated carbocycles. The number of amides is 1. The summed E-state index contributed by atoms with van der Waals surface area (Å²) in [5, 5.41) is -0.238. The van der Waals surface area contributed by atoms with Gasteiger partial charge in [-0.1, -0.05) is 30.0 Å². The molecule has 0 saturated heterocycles. The monoisotopic (exact) mass is 576 g/mol. The predicted molar refractivity (Wildman–Crippen MR) is 147 cm³/mol. The van der Waals surface area contributed by atoms with Crippen molar-refractivity contribution < 1.29 is 32.2 Å². The molecule has 0 fully saturated rings. The van der Waals surface area contributed by atoms with E-state index in [0.717, 1.165) is 5.56 Å². The summed E-state index contributed by atoms with van der Waals surface area (Å²) in [6, 6.07) is 13.0. The Kier molecular flexibility index (Phi) is 9.13. The lowest BCUT2D eigenvalue weighted by Gasteiger charge is -2.17. The number of methoxy groups -OCH3 is 1. The number of para-hydroxylation sites is 2. The topological polar surface area (TPSA) is 178 Å². The zero-order chi connectivity index (χ0) is 29.2. The first-order chi connectivity index (χ1) is 19.8. The molecule has 0 aliphatic heterocycles. The van der Waals surface area contributed by atoms with Crippen LogP contribution in [0.3, 0.4) is 0 Å². The Balaban J connectivity index is 1.82. The number of nitrogens with zero attached hydrogens (tertiary/aromatic N) is 4. The molecule has 0 atom stereocenters. The molecule has 0 bridgehead atoms. The number of pyridine rings is 2. The van der Waals surface area contributed by atoms with E-state index < -0.39 is 16.1 Å². The highest BCUT2D eigenvalue weighted by Gasteiger charge is 2.26. The SMILES string of the molecule is COc1ccccc1Oc1c(NS(=O)(=O)c2ccc(C)cn2)nc(-c2ccncc2)nc1OCC#CCOC(N)=O. The summed E-state index contributed by atoms with van der Waals surface area (Å²) >= 11 is 0. The van der Waals surface area contributed by atoms with Gasteiger partial charge in [0, 0.05) is 24.2 Å². The first kappa shape index (κ1) is 28.6. The average molecular weight is 577 g/mol. The molecule has 0 radical (unpaired) electrons. The number of ether oxygens (including phenoxy) is 4.